The zero-order valence-corrected chi connectivity index (χ0v) is 11.9. The average molecular weight is 275 g/mol. The first-order chi connectivity index (χ1) is 9.28. The van der Waals surface area contributed by atoms with Crippen molar-refractivity contribution in [1.29, 1.82) is 0 Å². The third-order valence-electron chi connectivity index (χ3n) is 2.70. The maximum atomic E-state index is 11.9. The van der Waals surface area contributed by atoms with E-state index in [9.17, 15) is 9.59 Å². The molecule has 2 aromatic rings. The lowest BCUT2D eigenvalue weighted by Gasteiger charge is -2.19. The summed E-state index contributed by atoms with van der Waals surface area (Å²) < 4.78 is 10.3. The number of ether oxygens (including phenoxy) is 1. The molecule has 0 aliphatic rings. The molecule has 0 aliphatic carbocycles. The number of anilines is 1. The molecule has 0 unspecified atom stereocenters. The lowest BCUT2D eigenvalue weighted by molar-refractivity contribution is 0.0635. The van der Waals surface area contributed by atoms with Crippen molar-refractivity contribution in [3.8, 4) is 0 Å². The van der Waals surface area contributed by atoms with E-state index in [2.05, 4.69) is 5.32 Å². The largest absolute Gasteiger partial charge is 0.444 e. The summed E-state index contributed by atoms with van der Waals surface area (Å²) in [6.07, 6.45) is -0.678. The fraction of sp³-hybridized carbons (Fsp3) is 0.333. The van der Waals surface area contributed by atoms with Crippen molar-refractivity contribution in [2.24, 2.45) is 0 Å². The van der Waals surface area contributed by atoms with E-state index in [0.29, 0.717) is 11.1 Å². The first-order valence-corrected chi connectivity index (χ1v) is 6.30. The quantitative estimate of drug-likeness (QED) is 0.809. The number of carbonyl (C=O) groups excluding carboxylic acids is 1. The van der Waals surface area contributed by atoms with Crippen LogP contribution in [0.4, 0.5) is 10.5 Å². The highest BCUT2D eigenvalue weighted by atomic mass is 16.6. The molecule has 0 aliphatic heterocycles. The van der Waals surface area contributed by atoms with Crippen LogP contribution in [-0.2, 0) is 4.74 Å². The third kappa shape index (κ3) is 2.99. The molecule has 0 atom stereocenters. The fourth-order valence-corrected chi connectivity index (χ4v) is 1.85. The Hall–Kier alpha value is -2.30. The number of carbonyl (C=O) groups is 1. The Kier molecular flexibility index (Phi) is 3.53. The van der Waals surface area contributed by atoms with Gasteiger partial charge in [-0.25, -0.2) is 9.59 Å². The normalized spacial score (nSPS) is 11.4. The highest BCUT2D eigenvalue weighted by Crippen LogP contribution is 2.22. The number of aryl methyl sites for hydroxylation is 1. The first-order valence-electron chi connectivity index (χ1n) is 6.30. The van der Waals surface area contributed by atoms with Crippen LogP contribution in [0, 0.1) is 6.92 Å². The summed E-state index contributed by atoms with van der Waals surface area (Å²) in [6.45, 7) is 7.01. The van der Waals surface area contributed by atoms with Gasteiger partial charge in [0.2, 0.25) is 0 Å². The van der Waals surface area contributed by atoms with Crippen molar-refractivity contribution in [2.75, 3.05) is 5.32 Å². The van der Waals surface area contributed by atoms with Crippen LogP contribution in [0.3, 0.4) is 0 Å². The summed E-state index contributed by atoms with van der Waals surface area (Å²) in [5.74, 6) is 0. The second kappa shape index (κ2) is 5.00. The molecule has 1 heterocycles. The first kappa shape index (κ1) is 14.1. The maximum absolute atomic E-state index is 11.9. The van der Waals surface area contributed by atoms with Crippen molar-refractivity contribution in [3.05, 3.63) is 40.2 Å². The predicted octanol–water partition coefficient (Wildman–Crippen LogP) is 3.45. The SMILES string of the molecule is Cc1c(NC(=O)OC(C)(C)C)c(=O)oc2ccccc12. The van der Waals surface area contributed by atoms with Gasteiger partial charge in [0.25, 0.3) is 0 Å². The molecule has 0 spiro atoms. The van der Waals surface area contributed by atoms with Gasteiger partial charge in [0, 0.05) is 5.39 Å². The highest BCUT2D eigenvalue weighted by molar-refractivity contribution is 5.91. The fourth-order valence-electron chi connectivity index (χ4n) is 1.85. The summed E-state index contributed by atoms with van der Waals surface area (Å²) in [7, 11) is 0. The molecule has 1 N–H and O–H groups in total. The molecule has 5 heteroatoms. The molecule has 1 amide bonds. The number of para-hydroxylation sites is 1. The van der Waals surface area contributed by atoms with E-state index in [0.717, 1.165) is 5.39 Å². The van der Waals surface area contributed by atoms with Gasteiger partial charge in [0.05, 0.1) is 0 Å². The predicted molar refractivity (Wildman–Crippen MR) is 77.1 cm³/mol. The summed E-state index contributed by atoms with van der Waals surface area (Å²) in [5.41, 5.74) is 0.0344. The molecular formula is C15H17NO4. The van der Waals surface area contributed by atoms with Crippen molar-refractivity contribution in [1.82, 2.24) is 0 Å². The molecular weight excluding hydrogens is 258 g/mol. The lowest BCUT2D eigenvalue weighted by atomic mass is 10.1. The van der Waals surface area contributed by atoms with Crippen LogP contribution in [0.25, 0.3) is 11.0 Å². The summed E-state index contributed by atoms with van der Waals surface area (Å²) >= 11 is 0. The average Bonchev–Trinajstić information content (AvgIpc) is 2.32. The lowest BCUT2D eigenvalue weighted by Crippen LogP contribution is -2.29. The van der Waals surface area contributed by atoms with Crippen LogP contribution in [-0.4, -0.2) is 11.7 Å². The molecule has 0 saturated carbocycles. The van der Waals surface area contributed by atoms with E-state index >= 15 is 0 Å². The Labute approximate surface area is 116 Å². The monoisotopic (exact) mass is 275 g/mol. The number of nitrogens with one attached hydrogen (secondary N) is 1. The molecule has 0 saturated heterocycles. The summed E-state index contributed by atoms with van der Waals surface area (Å²) in [6, 6.07) is 7.16. The number of hydrogen-bond acceptors (Lipinski definition) is 4. The standard InChI is InChI=1S/C15H17NO4/c1-9-10-7-5-6-8-11(10)19-13(17)12(9)16-14(18)20-15(2,3)4/h5-8H,1-4H3,(H,16,18). The van der Waals surface area contributed by atoms with Crippen LogP contribution in [0.5, 0.6) is 0 Å². The number of amides is 1. The third-order valence-corrected chi connectivity index (χ3v) is 2.70. The van der Waals surface area contributed by atoms with Gasteiger partial charge in [0.1, 0.15) is 16.9 Å². The van der Waals surface area contributed by atoms with Crippen LogP contribution in [0.1, 0.15) is 26.3 Å². The van der Waals surface area contributed by atoms with Crippen molar-refractivity contribution >= 4 is 22.7 Å². The van der Waals surface area contributed by atoms with Gasteiger partial charge in [-0.1, -0.05) is 18.2 Å². The van der Waals surface area contributed by atoms with Crippen LogP contribution in [0.15, 0.2) is 33.5 Å². The molecule has 20 heavy (non-hydrogen) atoms. The minimum Gasteiger partial charge on any atom is -0.444 e. The summed E-state index contributed by atoms with van der Waals surface area (Å²) in [4.78, 5) is 23.7. The number of hydrogen-bond donors (Lipinski definition) is 1. The van der Waals surface area contributed by atoms with E-state index in [-0.39, 0.29) is 5.69 Å². The van der Waals surface area contributed by atoms with Gasteiger partial charge >= 0.3 is 11.7 Å². The van der Waals surface area contributed by atoms with Gasteiger partial charge in [0.15, 0.2) is 0 Å². The Morgan fingerprint density at radius 1 is 1.25 bits per heavy atom. The highest BCUT2D eigenvalue weighted by Gasteiger charge is 2.19. The number of fused-ring (bicyclic) bond motifs is 1. The number of rotatable bonds is 1. The summed E-state index contributed by atoms with van der Waals surface area (Å²) in [5, 5.41) is 3.24. The van der Waals surface area contributed by atoms with Gasteiger partial charge < -0.3 is 9.15 Å². The smallest absolute Gasteiger partial charge is 0.412 e. The van der Waals surface area contributed by atoms with Crippen molar-refractivity contribution in [2.45, 2.75) is 33.3 Å². The zero-order chi connectivity index (χ0) is 14.9. The second-order valence-electron chi connectivity index (χ2n) is 5.51. The molecule has 5 nitrogen and oxygen atoms in total. The second-order valence-corrected chi connectivity index (χ2v) is 5.51. The zero-order valence-electron chi connectivity index (χ0n) is 11.9. The van der Waals surface area contributed by atoms with Crippen LogP contribution >= 0.6 is 0 Å². The van der Waals surface area contributed by atoms with Gasteiger partial charge in [-0.05, 0) is 39.3 Å². The minimum atomic E-state index is -0.678. The van der Waals surface area contributed by atoms with Gasteiger partial charge in [-0.15, -0.1) is 0 Å². The van der Waals surface area contributed by atoms with E-state index < -0.39 is 17.3 Å². The Bertz CT molecular complexity index is 710. The minimum absolute atomic E-state index is 0.109. The van der Waals surface area contributed by atoms with E-state index in [1.54, 1.807) is 39.8 Å². The molecule has 0 bridgehead atoms. The Morgan fingerprint density at radius 2 is 1.90 bits per heavy atom. The van der Waals surface area contributed by atoms with E-state index in [4.69, 9.17) is 9.15 Å². The van der Waals surface area contributed by atoms with Crippen LogP contribution < -0.4 is 10.9 Å². The van der Waals surface area contributed by atoms with Gasteiger partial charge in [-0.2, -0.15) is 0 Å². The molecule has 106 valence electrons. The van der Waals surface area contributed by atoms with Crippen molar-refractivity contribution < 1.29 is 13.9 Å². The van der Waals surface area contributed by atoms with Crippen molar-refractivity contribution in [3.63, 3.8) is 0 Å². The molecule has 0 fully saturated rings. The maximum Gasteiger partial charge on any atom is 0.412 e. The van der Waals surface area contributed by atoms with Gasteiger partial charge in [-0.3, -0.25) is 5.32 Å². The molecule has 1 aromatic heterocycles. The Morgan fingerprint density at radius 3 is 2.55 bits per heavy atom. The number of benzene rings is 1. The topological polar surface area (TPSA) is 68.5 Å². The molecule has 2 rings (SSSR count). The molecule has 1 aromatic carbocycles. The van der Waals surface area contributed by atoms with Crippen LogP contribution in [0.2, 0.25) is 0 Å². The molecule has 0 radical (unpaired) electrons. The Balaban J connectivity index is 2.40. The van der Waals surface area contributed by atoms with E-state index in [1.165, 1.54) is 0 Å². The van der Waals surface area contributed by atoms with E-state index in [1.807, 2.05) is 12.1 Å².